The second-order valence-electron chi connectivity index (χ2n) is 9.32. The van der Waals surface area contributed by atoms with Gasteiger partial charge in [-0.2, -0.15) is 0 Å². The zero-order valence-electron chi connectivity index (χ0n) is 18.7. The number of nitrogens with one attached hydrogen (secondary N) is 1. The van der Waals surface area contributed by atoms with E-state index in [1.54, 1.807) is 31.4 Å². The molecule has 2 aliphatic carbocycles. The van der Waals surface area contributed by atoms with Crippen LogP contribution < -0.4 is 10.1 Å². The van der Waals surface area contributed by atoms with Crippen LogP contribution in [0.1, 0.15) is 50.4 Å². The van der Waals surface area contributed by atoms with Crippen molar-refractivity contribution in [3.05, 3.63) is 59.1 Å². The molecular formula is C25H27ClN2O4. The highest BCUT2D eigenvalue weighted by Gasteiger charge is 2.71. The molecule has 0 heterocycles. The van der Waals surface area contributed by atoms with Gasteiger partial charge in [-0.3, -0.25) is 4.79 Å². The van der Waals surface area contributed by atoms with Crippen LogP contribution in [0.4, 0.5) is 5.69 Å². The number of carbonyl (C=O) groups excluding carboxylic acids is 2. The number of rotatable bonds is 5. The lowest BCUT2D eigenvalue weighted by atomic mass is 9.64. The van der Waals surface area contributed by atoms with Crippen molar-refractivity contribution in [2.24, 2.45) is 21.4 Å². The molecule has 2 saturated carbocycles. The van der Waals surface area contributed by atoms with E-state index < -0.39 is 11.4 Å². The minimum Gasteiger partial charge on any atom is -0.497 e. The molecule has 168 valence electrons. The summed E-state index contributed by atoms with van der Waals surface area (Å²) in [6.07, 6.45) is 2.00. The molecule has 6 nitrogen and oxygen atoms in total. The number of halogens is 1. The summed E-state index contributed by atoms with van der Waals surface area (Å²) in [7, 11) is 1.60. The first-order valence-corrected chi connectivity index (χ1v) is 11.0. The Balaban J connectivity index is 1.56. The van der Waals surface area contributed by atoms with E-state index in [4.69, 9.17) is 21.2 Å². The Bertz CT molecular complexity index is 1080. The molecule has 2 bridgehead atoms. The molecule has 7 heteroatoms. The van der Waals surface area contributed by atoms with E-state index in [0.717, 1.165) is 24.3 Å². The number of fused-ring (bicyclic) bond motifs is 2. The fourth-order valence-corrected chi connectivity index (χ4v) is 5.31. The van der Waals surface area contributed by atoms with Gasteiger partial charge in [-0.15, -0.1) is 0 Å². The molecular weight excluding hydrogens is 428 g/mol. The largest absolute Gasteiger partial charge is 0.497 e. The number of hydrogen-bond donors (Lipinski definition) is 1. The highest BCUT2D eigenvalue weighted by atomic mass is 35.5. The maximum Gasteiger partial charge on any atom is 0.365 e. The molecule has 2 atom stereocenters. The van der Waals surface area contributed by atoms with Gasteiger partial charge < -0.3 is 14.9 Å². The van der Waals surface area contributed by atoms with Crippen LogP contribution in [0.3, 0.4) is 0 Å². The Kier molecular flexibility index (Phi) is 5.53. The molecule has 1 amide bonds. The number of benzene rings is 2. The van der Waals surface area contributed by atoms with Gasteiger partial charge in [0.05, 0.1) is 23.8 Å². The minimum atomic E-state index is -0.632. The number of anilines is 1. The van der Waals surface area contributed by atoms with Gasteiger partial charge in [0.2, 0.25) is 5.91 Å². The van der Waals surface area contributed by atoms with E-state index in [2.05, 4.69) is 31.2 Å². The zero-order valence-corrected chi connectivity index (χ0v) is 19.5. The molecule has 2 aromatic rings. The van der Waals surface area contributed by atoms with E-state index in [1.165, 1.54) is 0 Å². The van der Waals surface area contributed by atoms with E-state index in [9.17, 15) is 9.59 Å². The molecule has 4 rings (SSSR count). The lowest BCUT2D eigenvalue weighted by Gasteiger charge is -2.39. The summed E-state index contributed by atoms with van der Waals surface area (Å²) in [6.45, 7) is 6.33. The van der Waals surface area contributed by atoms with E-state index in [1.807, 2.05) is 24.3 Å². The standard InChI is InChI=1S/C25H27ClN2O4/c1-23(2)24(3)13-14-25(23,22(30)27-18-9-11-19(31-4)12-10-18)15-20(24)28-32-21(29)16-5-7-17(26)8-6-16/h5-12H,13-15H2,1-4H3,(H,27,30). The van der Waals surface area contributed by atoms with Crippen LogP contribution in [0, 0.1) is 16.2 Å². The van der Waals surface area contributed by atoms with E-state index in [0.29, 0.717) is 22.7 Å². The summed E-state index contributed by atoms with van der Waals surface area (Å²) in [4.78, 5) is 31.2. The number of hydrogen-bond acceptors (Lipinski definition) is 5. The van der Waals surface area contributed by atoms with Gasteiger partial charge in [-0.05, 0) is 66.8 Å². The Morgan fingerprint density at radius 1 is 1.00 bits per heavy atom. The number of carbonyl (C=O) groups is 2. The maximum absolute atomic E-state index is 13.5. The highest BCUT2D eigenvalue weighted by Crippen LogP contribution is 2.71. The fourth-order valence-electron chi connectivity index (χ4n) is 5.18. The van der Waals surface area contributed by atoms with Crippen LogP contribution in [-0.2, 0) is 9.63 Å². The molecule has 2 aromatic carbocycles. The van der Waals surface area contributed by atoms with Gasteiger partial charge in [0, 0.05) is 22.5 Å². The molecule has 0 spiro atoms. The van der Waals surface area contributed by atoms with E-state index in [-0.39, 0.29) is 16.7 Å². The minimum absolute atomic E-state index is 0.0365. The van der Waals surface area contributed by atoms with Gasteiger partial charge in [0.15, 0.2) is 0 Å². The third-order valence-corrected chi connectivity index (χ3v) is 8.09. The molecule has 0 aliphatic heterocycles. The van der Waals surface area contributed by atoms with Crippen molar-refractivity contribution in [3.8, 4) is 5.75 Å². The Morgan fingerprint density at radius 2 is 1.66 bits per heavy atom. The molecule has 1 N–H and O–H groups in total. The normalized spacial score (nSPS) is 26.7. The van der Waals surface area contributed by atoms with Crippen LogP contribution in [0.15, 0.2) is 53.7 Å². The van der Waals surface area contributed by atoms with Crippen molar-refractivity contribution < 1.29 is 19.2 Å². The zero-order chi connectivity index (χ0) is 23.1. The van der Waals surface area contributed by atoms with Gasteiger partial charge in [-0.1, -0.05) is 37.5 Å². The summed E-state index contributed by atoms with van der Waals surface area (Å²) < 4.78 is 5.19. The maximum atomic E-state index is 13.5. The number of nitrogens with zero attached hydrogens (tertiary/aromatic N) is 1. The van der Waals surface area contributed by atoms with Crippen molar-refractivity contribution in [2.45, 2.75) is 40.0 Å². The molecule has 2 aliphatic rings. The van der Waals surface area contributed by atoms with Crippen molar-refractivity contribution in [2.75, 3.05) is 12.4 Å². The van der Waals surface area contributed by atoms with Crippen molar-refractivity contribution in [3.63, 3.8) is 0 Å². The van der Waals surface area contributed by atoms with E-state index >= 15 is 0 Å². The topological polar surface area (TPSA) is 77.0 Å². The summed E-state index contributed by atoms with van der Waals surface area (Å²) in [5.41, 5.74) is 0.508. The van der Waals surface area contributed by atoms with Crippen LogP contribution in [0.2, 0.25) is 5.02 Å². The van der Waals surface area contributed by atoms with Crippen LogP contribution in [0.25, 0.3) is 0 Å². The van der Waals surface area contributed by atoms with Gasteiger partial charge >= 0.3 is 5.97 Å². The Morgan fingerprint density at radius 3 is 2.28 bits per heavy atom. The average molecular weight is 455 g/mol. The van der Waals surface area contributed by atoms with Crippen LogP contribution in [-0.4, -0.2) is 24.7 Å². The van der Waals surface area contributed by atoms with Gasteiger partial charge in [0.1, 0.15) is 5.75 Å². The predicted molar refractivity (Wildman–Crippen MR) is 124 cm³/mol. The molecule has 2 unspecified atom stereocenters. The van der Waals surface area contributed by atoms with Crippen molar-refractivity contribution in [1.82, 2.24) is 0 Å². The third kappa shape index (κ3) is 3.37. The Labute approximate surface area is 192 Å². The summed E-state index contributed by atoms with van der Waals surface area (Å²) in [5, 5.41) is 7.88. The fraction of sp³-hybridized carbons (Fsp3) is 0.400. The average Bonchev–Trinajstić information content (AvgIpc) is 3.09. The molecule has 0 aromatic heterocycles. The summed E-state index contributed by atoms with van der Waals surface area (Å²) in [5.74, 6) is 0.147. The lowest BCUT2D eigenvalue weighted by Crippen LogP contribution is -2.43. The third-order valence-electron chi connectivity index (χ3n) is 7.83. The van der Waals surface area contributed by atoms with Gasteiger partial charge in [0.25, 0.3) is 0 Å². The van der Waals surface area contributed by atoms with Crippen molar-refractivity contribution in [1.29, 1.82) is 0 Å². The summed E-state index contributed by atoms with van der Waals surface area (Å²) in [6, 6.07) is 13.7. The second-order valence-corrected chi connectivity index (χ2v) is 9.76. The predicted octanol–water partition coefficient (Wildman–Crippen LogP) is 5.72. The number of methoxy groups -OCH3 is 1. The van der Waals surface area contributed by atoms with Gasteiger partial charge in [-0.25, -0.2) is 4.79 Å². The first kappa shape index (κ1) is 22.3. The van der Waals surface area contributed by atoms with Crippen molar-refractivity contribution >= 4 is 34.9 Å². The van der Waals surface area contributed by atoms with Crippen LogP contribution in [0.5, 0.6) is 5.75 Å². The van der Waals surface area contributed by atoms with Crippen LogP contribution >= 0.6 is 11.6 Å². The number of oxime groups is 1. The lowest BCUT2D eigenvalue weighted by molar-refractivity contribution is -0.130. The highest BCUT2D eigenvalue weighted by molar-refractivity contribution is 6.30. The molecule has 2 fully saturated rings. The monoisotopic (exact) mass is 454 g/mol. The molecule has 0 radical (unpaired) electrons. The smallest absolute Gasteiger partial charge is 0.365 e. The quantitative estimate of drug-likeness (QED) is 0.463. The summed E-state index contributed by atoms with van der Waals surface area (Å²) >= 11 is 5.88. The number of amides is 1. The molecule has 32 heavy (non-hydrogen) atoms. The Hall–Kier alpha value is -2.86. The second kappa shape index (κ2) is 7.93. The first-order chi connectivity index (χ1) is 15.1. The molecule has 0 saturated heterocycles. The SMILES string of the molecule is COc1ccc(NC(=O)C23CCC(C)(C(=NOC(=O)c4ccc(Cl)cc4)C2)C3(C)C)cc1. The number of ether oxygens (including phenoxy) is 1. The first-order valence-electron chi connectivity index (χ1n) is 10.6.